The highest BCUT2D eigenvalue weighted by Gasteiger charge is 2.28. The molecule has 0 unspecified atom stereocenters. The summed E-state index contributed by atoms with van der Waals surface area (Å²) in [5.41, 5.74) is 5.69. The summed E-state index contributed by atoms with van der Waals surface area (Å²) in [5.74, 6) is 0.401. The molecule has 0 saturated heterocycles. The van der Waals surface area contributed by atoms with Crippen LogP contribution in [0.25, 0.3) is 38.7 Å². The van der Waals surface area contributed by atoms with Crippen molar-refractivity contribution >= 4 is 5.82 Å². The van der Waals surface area contributed by atoms with Crippen molar-refractivity contribution in [1.29, 1.82) is 5.26 Å². The second kappa shape index (κ2) is 10.4. The van der Waals surface area contributed by atoms with Crippen LogP contribution in [0.3, 0.4) is 0 Å². The van der Waals surface area contributed by atoms with Crippen LogP contribution >= 0.6 is 0 Å². The lowest BCUT2D eigenvalue weighted by atomic mass is 9.84. The third-order valence-corrected chi connectivity index (χ3v) is 7.06. The number of hydrogen-bond donors (Lipinski definition) is 0. The molecule has 0 amide bonds. The van der Waals surface area contributed by atoms with E-state index in [0.717, 1.165) is 22.8 Å². The van der Waals surface area contributed by atoms with Crippen LogP contribution in [0.5, 0.6) is 0 Å². The zero-order valence-electron chi connectivity index (χ0n) is 22.5. The molecule has 0 aliphatic carbocycles. The fourth-order valence-corrected chi connectivity index (χ4v) is 4.79. The van der Waals surface area contributed by atoms with Gasteiger partial charge in [-0.2, -0.15) is 15.0 Å². The highest BCUT2D eigenvalue weighted by Crippen LogP contribution is 2.35. The maximum absolute atomic E-state index is 10.00. The van der Waals surface area contributed by atoms with Crippen molar-refractivity contribution in [2.45, 2.75) is 19.3 Å². The Kier molecular flexibility index (Phi) is 6.43. The standard InChI is InChI=1S/C33H24N8/c1-33(2,30-18-10-16-27(38-30)25-21-36-40(29(25)20-34)23-12-6-4-7-13-23)31-19-11-17-28(39-31)26-22-37-41(32(26)35-3)24-14-8-5-9-15-24/h4-19,21-22H,1-2H3. The van der Waals surface area contributed by atoms with Gasteiger partial charge in [0, 0.05) is 11.0 Å². The molecule has 0 saturated carbocycles. The molecule has 4 aromatic heterocycles. The maximum atomic E-state index is 10.00. The Balaban J connectivity index is 1.38. The molecule has 0 spiro atoms. The number of nitriles is 1. The van der Waals surface area contributed by atoms with Gasteiger partial charge in [-0.3, -0.25) is 9.97 Å². The highest BCUT2D eigenvalue weighted by atomic mass is 15.3. The largest absolute Gasteiger partial charge is 0.361 e. The summed E-state index contributed by atoms with van der Waals surface area (Å²) in [6.45, 7) is 12.0. The van der Waals surface area contributed by atoms with Crippen LogP contribution < -0.4 is 0 Å². The fraction of sp³-hybridized carbons (Fsp3) is 0.0909. The second-order valence-corrected chi connectivity index (χ2v) is 9.95. The first-order valence-corrected chi connectivity index (χ1v) is 13.0. The molecule has 4 heterocycles. The molecular weight excluding hydrogens is 508 g/mol. The predicted octanol–water partition coefficient (Wildman–Crippen LogP) is 6.93. The van der Waals surface area contributed by atoms with Crippen LogP contribution in [0.15, 0.2) is 109 Å². The zero-order chi connectivity index (χ0) is 28.4. The number of hydrogen-bond acceptors (Lipinski definition) is 5. The van der Waals surface area contributed by atoms with Gasteiger partial charge in [0.05, 0.1) is 46.4 Å². The van der Waals surface area contributed by atoms with Gasteiger partial charge in [0.1, 0.15) is 11.8 Å². The van der Waals surface area contributed by atoms with Crippen LogP contribution in [0.4, 0.5) is 5.82 Å². The maximum Gasteiger partial charge on any atom is 0.266 e. The van der Waals surface area contributed by atoms with E-state index in [0.29, 0.717) is 34.0 Å². The van der Waals surface area contributed by atoms with Gasteiger partial charge in [0.15, 0.2) is 5.69 Å². The van der Waals surface area contributed by atoms with Crippen molar-refractivity contribution in [2.24, 2.45) is 0 Å². The molecular formula is C33H24N8. The van der Waals surface area contributed by atoms with Gasteiger partial charge >= 0.3 is 0 Å². The predicted molar refractivity (Wildman–Crippen MR) is 157 cm³/mol. The SMILES string of the molecule is [C-]#[N+]c1c(-c2cccc(C(C)(C)c3cccc(-c4cnn(-c5ccccc5)c4C#N)n3)n2)cnn1-c1ccccc1. The number of nitrogens with zero attached hydrogens (tertiary/aromatic N) is 8. The summed E-state index contributed by atoms with van der Waals surface area (Å²) in [6.07, 6.45) is 3.37. The van der Waals surface area contributed by atoms with E-state index in [1.807, 2.05) is 97.1 Å². The lowest BCUT2D eigenvalue weighted by Gasteiger charge is -2.24. The normalized spacial score (nSPS) is 11.1. The minimum Gasteiger partial charge on any atom is -0.361 e. The van der Waals surface area contributed by atoms with Crippen LogP contribution in [0.2, 0.25) is 0 Å². The Bertz CT molecular complexity index is 1800. The van der Waals surface area contributed by atoms with Crippen molar-refractivity contribution in [1.82, 2.24) is 29.5 Å². The first kappa shape index (κ1) is 25.4. The highest BCUT2D eigenvalue weighted by molar-refractivity contribution is 5.74. The molecule has 0 fully saturated rings. The van der Waals surface area contributed by atoms with E-state index in [-0.39, 0.29) is 0 Å². The molecule has 8 heteroatoms. The number of rotatable bonds is 6. The van der Waals surface area contributed by atoms with Gasteiger partial charge in [0.25, 0.3) is 5.82 Å². The first-order valence-electron chi connectivity index (χ1n) is 13.0. The molecule has 0 bridgehead atoms. The van der Waals surface area contributed by atoms with E-state index in [2.05, 4.69) is 35.0 Å². The van der Waals surface area contributed by atoms with Crippen molar-refractivity contribution in [3.63, 3.8) is 0 Å². The van der Waals surface area contributed by atoms with Gasteiger partial charge in [-0.25, -0.2) is 4.68 Å². The third-order valence-electron chi connectivity index (χ3n) is 7.06. The second-order valence-electron chi connectivity index (χ2n) is 9.95. The summed E-state index contributed by atoms with van der Waals surface area (Å²) < 4.78 is 3.26. The lowest BCUT2D eigenvalue weighted by molar-refractivity contribution is 0.597. The quantitative estimate of drug-likeness (QED) is 0.217. The van der Waals surface area contributed by atoms with Gasteiger partial charge in [0.2, 0.25) is 0 Å². The summed E-state index contributed by atoms with van der Waals surface area (Å²) in [6, 6.07) is 33.0. The van der Waals surface area contributed by atoms with Gasteiger partial charge in [-0.05, 0) is 62.4 Å². The molecule has 0 radical (unpaired) electrons. The van der Waals surface area contributed by atoms with Crippen LogP contribution in [-0.2, 0) is 5.41 Å². The number of benzene rings is 2. The summed E-state index contributed by atoms with van der Waals surface area (Å²) in [5, 5.41) is 19.0. The average Bonchev–Trinajstić information content (AvgIpc) is 3.67. The average molecular weight is 533 g/mol. The summed E-state index contributed by atoms with van der Waals surface area (Å²) in [7, 11) is 0. The molecule has 2 aromatic carbocycles. The van der Waals surface area contributed by atoms with E-state index < -0.39 is 5.41 Å². The Morgan fingerprint density at radius 3 is 1.76 bits per heavy atom. The Morgan fingerprint density at radius 1 is 0.683 bits per heavy atom. The third kappa shape index (κ3) is 4.54. The zero-order valence-corrected chi connectivity index (χ0v) is 22.5. The Labute approximate surface area is 237 Å². The Morgan fingerprint density at radius 2 is 1.20 bits per heavy atom. The lowest BCUT2D eigenvalue weighted by Crippen LogP contribution is -2.22. The minimum absolute atomic E-state index is 0.401. The molecule has 8 nitrogen and oxygen atoms in total. The van der Waals surface area contributed by atoms with Gasteiger partial charge in [-0.15, -0.1) is 5.10 Å². The first-order chi connectivity index (χ1) is 20.0. The fourth-order valence-electron chi connectivity index (χ4n) is 4.79. The Hall–Kier alpha value is -5.86. The van der Waals surface area contributed by atoms with Crippen molar-refractivity contribution in [2.75, 3.05) is 0 Å². The van der Waals surface area contributed by atoms with E-state index in [4.69, 9.17) is 16.5 Å². The molecule has 0 N–H and O–H groups in total. The molecule has 6 aromatic rings. The van der Waals surface area contributed by atoms with E-state index >= 15 is 0 Å². The van der Waals surface area contributed by atoms with E-state index in [1.165, 1.54) is 0 Å². The van der Waals surface area contributed by atoms with Crippen molar-refractivity contribution in [3.05, 3.63) is 138 Å². The molecule has 0 atom stereocenters. The van der Waals surface area contributed by atoms with E-state index in [9.17, 15) is 5.26 Å². The molecule has 0 aliphatic heterocycles. The van der Waals surface area contributed by atoms with Crippen LogP contribution in [0.1, 0.15) is 30.9 Å². The molecule has 41 heavy (non-hydrogen) atoms. The number of aromatic nitrogens is 6. The molecule has 0 aliphatic rings. The van der Waals surface area contributed by atoms with Crippen molar-refractivity contribution in [3.8, 4) is 40.0 Å². The van der Waals surface area contributed by atoms with E-state index in [1.54, 1.807) is 21.8 Å². The monoisotopic (exact) mass is 532 g/mol. The topological polar surface area (TPSA) is 89.6 Å². The molecule has 6 rings (SSSR count). The number of pyridine rings is 2. The van der Waals surface area contributed by atoms with Crippen LogP contribution in [-0.4, -0.2) is 29.5 Å². The smallest absolute Gasteiger partial charge is 0.266 e. The minimum atomic E-state index is -0.581. The number of para-hydroxylation sites is 2. The van der Waals surface area contributed by atoms with Crippen LogP contribution in [0, 0.1) is 17.9 Å². The molecule has 196 valence electrons. The summed E-state index contributed by atoms with van der Waals surface area (Å²) >= 11 is 0. The van der Waals surface area contributed by atoms with Crippen molar-refractivity contribution < 1.29 is 0 Å². The summed E-state index contributed by atoms with van der Waals surface area (Å²) in [4.78, 5) is 13.7. The van der Waals surface area contributed by atoms with Gasteiger partial charge < -0.3 is 4.85 Å². The van der Waals surface area contributed by atoms with Gasteiger partial charge in [-0.1, -0.05) is 55.1 Å².